The number of benzene rings is 1. The zero-order chi connectivity index (χ0) is 12.1. The van der Waals surface area contributed by atoms with Crippen molar-refractivity contribution in [3.05, 3.63) is 34.9 Å². The SMILES string of the molecule is CCOC(=O)C=Cc1cc(C)c(N)cc1C. The molecule has 0 atom stereocenters. The van der Waals surface area contributed by atoms with Crippen LogP contribution in [0.15, 0.2) is 18.2 Å². The predicted molar refractivity (Wildman–Crippen MR) is 66.0 cm³/mol. The molecule has 86 valence electrons. The number of anilines is 1. The smallest absolute Gasteiger partial charge is 0.330 e. The lowest BCUT2D eigenvalue weighted by Gasteiger charge is -2.05. The van der Waals surface area contributed by atoms with Crippen molar-refractivity contribution >= 4 is 17.7 Å². The van der Waals surface area contributed by atoms with Gasteiger partial charge in [-0.2, -0.15) is 0 Å². The minimum Gasteiger partial charge on any atom is -0.463 e. The van der Waals surface area contributed by atoms with Gasteiger partial charge < -0.3 is 10.5 Å². The van der Waals surface area contributed by atoms with E-state index in [1.54, 1.807) is 13.0 Å². The van der Waals surface area contributed by atoms with Gasteiger partial charge in [-0.1, -0.05) is 0 Å². The number of carbonyl (C=O) groups excluding carboxylic acids is 1. The summed E-state index contributed by atoms with van der Waals surface area (Å²) in [7, 11) is 0. The van der Waals surface area contributed by atoms with Crippen LogP contribution >= 0.6 is 0 Å². The Morgan fingerprint density at radius 1 is 1.38 bits per heavy atom. The van der Waals surface area contributed by atoms with Gasteiger partial charge in [-0.05, 0) is 55.7 Å². The summed E-state index contributed by atoms with van der Waals surface area (Å²) in [6.07, 6.45) is 3.18. The van der Waals surface area contributed by atoms with Crippen LogP contribution in [0.2, 0.25) is 0 Å². The van der Waals surface area contributed by atoms with Crippen LogP contribution in [-0.2, 0) is 9.53 Å². The minimum atomic E-state index is -0.323. The Morgan fingerprint density at radius 3 is 2.69 bits per heavy atom. The molecule has 0 aliphatic heterocycles. The van der Waals surface area contributed by atoms with Crippen LogP contribution in [0.25, 0.3) is 6.08 Å². The first-order valence-corrected chi connectivity index (χ1v) is 5.26. The van der Waals surface area contributed by atoms with Crippen LogP contribution in [0.1, 0.15) is 23.6 Å². The van der Waals surface area contributed by atoms with Gasteiger partial charge in [-0.3, -0.25) is 0 Å². The zero-order valence-electron chi connectivity index (χ0n) is 9.91. The van der Waals surface area contributed by atoms with E-state index in [1.807, 2.05) is 26.0 Å². The Bertz CT molecular complexity index is 422. The second kappa shape index (κ2) is 5.35. The Labute approximate surface area is 95.9 Å². The van der Waals surface area contributed by atoms with Crippen molar-refractivity contribution in [3.8, 4) is 0 Å². The lowest BCUT2D eigenvalue weighted by atomic mass is 10.0. The predicted octanol–water partition coefficient (Wildman–Crippen LogP) is 2.46. The lowest BCUT2D eigenvalue weighted by molar-refractivity contribution is -0.137. The van der Waals surface area contributed by atoms with Gasteiger partial charge >= 0.3 is 5.97 Å². The fraction of sp³-hybridized carbons (Fsp3) is 0.308. The fourth-order valence-corrected chi connectivity index (χ4v) is 1.39. The van der Waals surface area contributed by atoms with E-state index in [9.17, 15) is 4.79 Å². The van der Waals surface area contributed by atoms with Gasteiger partial charge in [-0.25, -0.2) is 4.79 Å². The molecule has 0 heterocycles. The van der Waals surface area contributed by atoms with Crippen LogP contribution in [0, 0.1) is 13.8 Å². The van der Waals surface area contributed by atoms with E-state index < -0.39 is 0 Å². The number of aryl methyl sites for hydroxylation is 2. The highest BCUT2D eigenvalue weighted by molar-refractivity contribution is 5.87. The fourth-order valence-electron chi connectivity index (χ4n) is 1.39. The van der Waals surface area contributed by atoms with Crippen LogP contribution in [0.4, 0.5) is 5.69 Å². The topological polar surface area (TPSA) is 52.3 Å². The first-order valence-electron chi connectivity index (χ1n) is 5.26. The van der Waals surface area contributed by atoms with E-state index in [1.165, 1.54) is 6.08 Å². The molecule has 16 heavy (non-hydrogen) atoms. The molecule has 0 radical (unpaired) electrons. The van der Waals surface area contributed by atoms with Gasteiger partial charge in [0.25, 0.3) is 0 Å². The molecule has 0 unspecified atom stereocenters. The number of esters is 1. The molecule has 0 spiro atoms. The Balaban J connectivity index is 2.89. The lowest BCUT2D eigenvalue weighted by Crippen LogP contribution is -1.99. The third kappa shape index (κ3) is 3.12. The van der Waals surface area contributed by atoms with E-state index in [2.05, 4.69) is 0 Å². The summed E-state index contributed by atoms with van der Waals surface area (Å²) in [6, 6.07) is 3.86. The molecule has 3 nitrogen and oxygen atoms in total. The van der Waals surface area contributed by atoms with Gasteiger partial charge in [0.2, 0.25) is 0 Å². The molecule has 1 rings (SSSR count). The average molecular weight is 219 g/mol. The Kier molecular flexibility index (Phi) is 4.11. The van der Waals surface area contributed by atoms with Crippen molar-refractivity contribution in [2.24, 2.45) is 0 Å². The number of hydrogen-bond acceptors (Lipinski definition) is 3. The van der Waals surface area contributed by atoms with Gasteiger partial charge in [0, 0.05) is 11.8 Å². The van der Waals surface area contributed by atoms with Gasteiger partial charge in [0.15, 0.2) is 0 Å². The standard InChI is InChI=1S/C13H17NO2/c1-4-16-13(15)6-5-11-7-10(3)12(14)8-9(11)2/h5-8H,4,14H2,1-3H3. The number of nitrogen functional groups attached to an aromatic ring is 1. The maximum Gasteiger partial charge on any atom is 0.330 e. The number of nitrogens with two attached hydrogens (primary N) is 1. The van der Waals surface area contributed by atoms with Crippen molar-refractivity contribution < 1.29 is 9.53 Å². The number of carbonyl (C=O) groups is 1. The van der Waals surface area contributed by atoms with Crippen LogP contribution < -0.4 is 5.73 Å². The summed E-state index contributed by atoms with van der Waals surface area (Å²) in [6.45, 7) is 6.07. The summed E-state index contributed by atoms with van der Waals surface area (Å²) in [4.78, 5) is 11.1. The number of ether oxygens (including phenoxy) is 1. The molecular formula is C13H17NO2. The summed E-state index contributed by atoms with van der Waals surface area (Å²) < 4.78 is 4.81. The zero-order valence-corrected chi connectivity index (χ0v) is 9.91. The van der Waals surface area contributed by atoms with E-state index >= 15 is 0 Å². The third-order valence-electron chi connectivity index (χ3n) is 2.34. The first kappa shape index (κ1) is 12.3. The van der Waals surface area contributed by atoms with Gasteiger partial charge in [0.05, 0.1) is 6.61 Å². The average Bonchev–Trinajstić information content (AvgIpc) is 2.22. The molecule has 2 N–H and O–H groups in total. The second-order valence-electron chi connectivity index (χ2n) is 3.65. The van der Waals surface area contributed by atoms with Crippen molar-refractivity contribution in [3.63, 3.8) is 0 Å². The molecule has 1 aromatic rings. The summed E-state index contributed by atoms with van der Waals surface area (Å²) in [5, 5.41) is 0. The molecule has 1 aromatic carbocycles. The maximum absolute atomic E-state index is 11.1. The quantitative estimate of drug-likeness (QED) is 0.482. The highest BCUT2D eigenvalue weighted by Crippen LogP contribution is 2.18. The Morgan fingerprint density at radius 2 is 2.06 bits per heavy atom. The highest BCUT2D eigenvalue weighted by Gasteiger charge is 2.00. The van der Waals surface area contributed by atoms with Crippen molar-refractivity contribution in [1.29, 1.82) is 0 Å². The molecule has 0 bridgehead atoms. The van der Waals surface area contributed by atoms with Crippen molar-refractivity contribution in [1.82, 2.24) is 0 Å². The molecular weight excluding hydrogens is 202 g/mol. The van der Waals surface area contributed by atoms with E-state index in [-0.39, 0.29) is 5.97 Å². The van der Waals surface area contributed by atoms with E-state index in [0.29, 0.717) is 6.61 Å². The summed E-state index contributed by atoms with van der Waals surface area (Å²) in [5.41, 5.74) is 9.59. The van der Waals surface area contributed by atoms with Crippen LogP contribution in [0.3, 0.4) is 0 Å². The van der Waals surface area contributed by atoms with E-state index in [4.69, 9.17) is 10.5 Å². The number of hydrogen-bond donors (Lipinski definition) is 1. The Hall–Kier alpha value is -1.77. The second-order valence-corrected chi connectivity index (χ2v) is 3.65. The third-order valence-corrected chi connectivity index (χ3v) is 2.34. The summed E-state index contributed by atoms with van der Waals surface area (Å²) >= 11 is 0. The molecule has 0 saturated carbocycles. The number of rotatable bonds is 3. The van der Waals surface area contributed by atoms with Crippen LogP contribution in [0.5, 0.6) is 0 Å². The molecule has 0 aromatic heterocycles. The first-order chi connectivity index (χ1) is 7.54. The van der Waals surface area contributed by atoms with E-state index in [0.717, 1.165) is 22.4 Å². The molecule has 0 aliphatic rings. The largest absolute Gasteiger partial charge is 0.463 e. The molecule has 0 amide bonds. The van der Waals surface area contributed by atoms with Crippen LogP contribution in [-0.4, -0.2) is 12.6 Å². The molecule has 0 aliphatic carbocycles. The highest BCUT2D eigenvalue weighted by atomic mass is 16.5. The molecule has 3 heteroatoms. The van der Waals surface area contributed by atoms with Gasteiger partial charge in [0.1, 0.15) is 0 Å². The normalized spacial score (nSPS) is 10.7. The summed E-state index contributed by atoms with van der Waals surface area (Å²) in [5.74, 6) is -0.323. The van der Waals surface area contributed by atoms with Gasteiger partial charge in [-0.15, -0.1) is 0 Å². The van der Waals surface area contributed by atoms with Crippen molar-refractivity contribution in [2.75, 3.05) is 12.3 Å². The maximum atomic E-state index is 11.1. The molecule has 0 fully saturated rings. The minimum absolute atomic E-state index is 0.323. The van der Waals surface area contributed by atoms with Crippen molar-refractivity contribution in [2.45, 2.75) is 20.8 Å². The molecule has 0 saturated heterocycles. The monoisotopic (exact) mass is 219 g/mol.